The van der Waals surface area contributed by atoms with Gasteiger partial charge in [0.1, 0.15) is 4.21 Å². The lowest BCUT2D eigenvalue weighted by molar-refractivity contribution is -0.115. The lowest BCUT2D eigenvalue weighted by Gasteiger charge is -2.09. The van der Waals surface area contributed by atoms with E-state index in [1.54, 1.807) is 12.1 Å². The zero-order valence-corrected chi connectivity index (χ0v) is 15.1. The van der Waals surface area contributed by atoms with E-state index in [1.807, 2.05) is 12.1 Å². The zero-order valence-electron chi connectivity index (χ0n) is 12.7. The van der Waals surface area contributed by atoms with Gasteiger partial charge in [0.25, 0.3) is 10.0 Å². The summed E-state index contributed by atoms with van der Waals surface area (Å²) >= 11 is 6.66. The average Bonchev–Trinajstić information content (AvgIpc) is 2.93. The SMILES string of the molecule is CC(C)c1ccc(NC(=O)CNS(=O)(=O)c2ccc(Cl)s2)cc1. The summed E-state index contributed by atoms with van der Waals surface area (Å²) in [6, 6.07) is 10.3. The minimum atomic E-state index is -3.72. The van der Waals surface area contributed by atoms with Gasteiger partial charge in [-0.15, -0.1) is 11.3 Å². The first-order chi connectivity index (χ1) is 10.8. The molecule has 2 N–H and O–H groups in total. The molecule has 2 aromatic rings. The Morgan fingerprint density at radius 2 is 1.83 bits per heavy atom. The molecule has 23 heavy (non-hydrogen) atoms. The third kappa shape index (κ3) is 5.04. The molecular formula is C15H17ClN2O3S2. The molecule has 8 heteroatoms. The Hall–Kier alpha value is -1.41. The van der Waals surface area contributed by atoms with Crippen molar-refractivity contribution in [1.29, 1.82) is 0 Å². The second-order valence-corrected chi connectivity index (χ2v) is 8.92. The van der Waals surface area contributed by atoms with Crippen molar-refractivity contribution in [1.82, 2.24) is 4.72 Å². The van der Waals surface area contributed by atoms with Crippen molar-refractivity contribution >= 4 is 44.6 Å². The van der Waals surface area contributed by atoms with Crippen molar-refractivity contribution in [3.8, 4) is 0 Å². The first-order valence-electron chi connectivity index (χ1n) is 6.93. The highest BCUT2D eigenvalue weighted by molar-refractivity contribution is 7.91. The van der Waals surface area contributed by atoms with Crippen molar-refractivity contribution in [3.05, 3.63) is 46.3 Å². The average molecular weight is 373 g/mol. The fourth-order valence-corrected chi connectivity index (χ4v) is 4.34. The summed E-state index contributed by atoms with van der Waals surface area (Å²) in [5, 5.41) is 2.65. The summed E-state index contributed by atoms with van der Waals surface area (Å²) in [6.07, 6.45) is 0. The molecule has 124 valence electrons. The first kappa shape index (κ1) is 17.9. The number of benzene rings is 1. The largest absolute Gasteiger partial charge is 0.325 e. The highest BCUT2D eigenvalue weighted by Crippen LogP contribution is 2.25. The van der Waals surface area contributed by atoms with E-state index >= 15 is 0 Å². The van der Waals surface area contributed by atoms with Crippen LogP contribution in [0.3, 0.4) is 0 Å². The lowest BCUT2D eigenvalue weighted by atomic mass is 10.0. The van der Waals surface area contributed by atoms with Gasteiger partial charge in [-0.3, -0.25) is 4.79 Å². The molecule has 0 radical (unpaired) electrons. The molecule has 1 aromatic heterocycles. The van der Waals surface area contributed by atoms with Crippen LogP contribution >= 0.6 is 22.9 Å². The topological polar surface area (TPSA) is 75.3 Å². The number of carbonyl (C=O) groups excluding carboxylic acids is 1. The van der Waals surface area contributed by atoms with E-state index in [2.05, 4.69) is 23.9 Å². The van der Waals surface area contributed by atoms with Crippen LogP contribution in [0, 0.1) is 0 Å². The Morgan fingerprint density at radius 1 is 1.17 bits per heavy atom. The number of rotatable bonds is 6. The van der Waals surface area contributed by atoms with Crippen molar-refractivity contribution < 1.29 is 13.2 Å². The second-order valence-electron chi connectivity index (χ2n) is 5.21. The van der Waals surface area contributed by atoms with E-state index in [9.17, 15) is 13.2 Å². The molecule has 0 aliphatic carbocycles. The summed E-state index contributed by atoms with van der Waals surface area (Å²) in [5.41, 5.74) is 1.79. The number of hydrogen-bond donors (Lipinski definition) is 2. The smallest absolute Gasteiger partial charge is 0.250 e. The lowest BCUT2D eigenvalue weighted by Crippen LogP contribution is -2.32. The standard InChI is InChI=1S/C15H17ClN2O3S2/c1-10(2)11-3-5-12(6-4-11)18-14(19)9-17-23(20,21)15-8-7-13(16)22-15/h3-8,10,17H,9H2,1-2H3,(H,18,19). The van der Waals surface area contributed by atoms with Gasteiger partial charge in [-0.1, -0.05) is 37.6 Å². The summed E-state index contributed by atoms with van der Waals surface area (Å²) < 4.78 is 26.7. The molecule has 0 atom stereocenters. The van der Waals surface area contributed by atoms with Gasteiger partial charge in [0.2, 0.25) is 5.91 Å². The van der Waals surface area contributed by atoms with Crippen LogP contribution in [0.4, 0.5) is 5.69 Å². The number of sulfonamides is 1. The summed E-state index contributed by atoms with van der Waals surface area (Å²) in [5.74, 6) is -0.0299. The number of amides is 1. The van der Waals surface area contributed by atoms with E-state index in [0.717, 1.165) is 11.3 Å². The highest BCUT2D eigenvalue weighted by atomic mass is 35.5. The second kappa shape index (κ2) is 7.44. The zero-order chi connectivity index (χ0) is 17.0. The van der Waals surface area contributed by atoms with Gasteiger partial charge < -0.3 is 5.32 Å². The number of halogens is 1. The third-order valence-corrected chi connectivity index (χ3v) is 6.22. The molecule has 0 saturated carbocycles. The molecule has 0 aliphatic heterocycles. The molecule has 0 fully saturated rings. The van der Waals surface area contributed by atoms with Crippen LogP contribution < -0.4 is 10.0 Å². The monoisotopic (exact) mass is 372 g/mol. The summed E-state index contributed by atoms with van der Waals surface area (Å²) in [6.45, 7) is 3.82. The summed E-state index contributed by atoms with van der Waals surface area (Å²) in [4.78, 5) is 11.9. The Kier molecular flexibility index (Phi) is 5.80. The quantitative estimate of drug-likeness (QED) is 0.815. The van der Waals surface area contributed by atoms with Gasteiger partial charge in [-0.25, -0.2) is 13.1 Å². The van der Waals surface area contributed by atoms with Crippen molar-refractivity contribution in [2.24, 2.45) is 0 Å². The van der Waals surface area contributed by atoms with E-state index in [-0.39, 0.29) is 10.8 Å². The van der Waals surface area contributed by atoms with Crippen LogP contribution in [0.15, 0.2) is 40.6 Å². The fourth-order valence-electron chi connectivity index (χ4n) is 1.83. The van der Waals surface area contributed by atoms with Gasteiger partial charge in [-0.05, 0) is 35.7 Å². The molecule has 1 amide bonds. The van der Waals surface area contributed by atoms with E-state index < -0.39 is 15.9 Å². The van der Waals surface area contributed by atoms with Crippen LogP contribution in [0.25, 0.3) is 0 Å². The molecule has 1 aromatic carbocycles. The number of nitrogens with one attached hydrogen (secondary N) is 2. The fraction of sp³-hybridized carbons (Fsp3) is 0.267. The van der Waals surface area contributed by atoms with Crippen LogP contribution in [-0.4, -0.2) is 20.9 Å². The van der Waals surface area contributed by atoms with Crippen molar-refractivity contribution in [3.63, 3.8) is 0 Å². The Labute approximate surface area is 144 Å². The van der Waals surface area contributed by atoms with Crippen LogP contribution in [-0.2, 0) is 14.8 Å². The maximum absolute atomic E-state index is 12.0. The predicted molar refractivity (Wildman–Crippen MR) is 93.7 cm³/mol. The number of anilines is 1. The van der Waals surface area contributed by atoms with Crippen molar-refractivity contribution in [2.45, 2.75) is 24.0 Å². The van der Waals surface area contributed by atoms with Gasteiger partial charge in [0, 0.05) is 5.69 Å². The number of carbonyl (C=O) groups is 1. The van der Waals surface area contributed by atoms with Crippen LogP contribution in [0.1, 0.15) is 25.3 Å². The van der Waals surface area contributed by atoms with Crippen LogP contribution in [0.2, 0.25) is 4.34 Å². The van der Waals surface area contributed by atoms with Crippen LogP contribution in [0.5, 0.6) is 0 Å². The molecule has 5 nitrogen and oxygen atoms in total. The Morgan fingerprint density at radius 3 is 2.35 bits per heavy atom. The van der Waals surface area contributed by atoms with E-state index in [4.69, 9.17) is 11.6 Å². The first-order valence-corrected chi connectivity index (χ1v) is 9.60. The van der Waals surface area contributed by atoms with Gasteiger partial charge >= 0.3 is 0 Å². The molecule has 0 aliphatic rings. The molecule has 0 saturated heterocycles. The predicted octanol–water partition coefficient (Wildman–Crippen LogP) is 3.44. The number of hydrogen-bond acceptors (Lipinski definition) is 4. The molecule has 0 spiro atoms. The maximum Gasteiger partial charge on any atom is 0.250 e. The molecule has 0 bridgehead atoms. The minimum Gasteiger partial charge on any atom is -0.325 e. The van der Waals surface area contributed by atoms with Gasteiger partial charge in [-0.2, -0.15) is 0 Å². The van der Waals surface area contributed by atoms with Gasteiger partial charge in [0.15, 0.2) is 0 Å². The molecular weight excluding hydrogens is 356 g/mol. The molecule has 0 unspecified atom stereocenters. The minimum absolute atomic E-state index is 0.0802. The van der Waals surface area contributed by atoms with Gasteiger partial charge in [0.05, 0.1) is 10.9 Å². The Bertz CT molecular complexity index is 783. The normalized spacial score (nSPS) is 11.7. The highest BCUT2D eigenvalue weighted by Gasteiger charge is 2.17. The van der Waals surface area contributed by atoms with E-state index in [0.29, 0.717) is 15.9 Å². The summed E-state index contributed by atoms with van der Waals surface area (Å²) in [7, 11) is -3.72. The van der Waals surface area contributed by atoms with E-state index in [1.165, 1.54) is 17.7 Å². The third-order valence-electron chi connectivity index (χ3n) is 3.10. The molecule has 2 rings (SSSR count). The Balaban J connectivity index is 1.92. The van der Waals surface area contributed by atoms with Crippen molar-refractivity contribution in [2.75, 3.05) is 11.9 Å². The maximum atomic E-state index is 12.0. The molecule has 1 heterocycles. The number of thiophene rings is 1.